The van der Waals surface area contributed by atoms with Gasteiger partial charge in [-0.3, -0.25) is 0 Å². The van der Waals surface area contributed by atoms with E-state index in [0.29, 0.717) is 0 Å². The van der Waals surface area contributed by atoms with Gasteiger partial charge in [-0.25, -0.2) is 0 Å². The molecule has 100 valence electrons. The smallest absolute Gasteiger partial charge is 0.0275 e. The van der Waals surface area contributed by atoms with Crippen molar-refractivity contribution in [2.45, 2.75) is 70.8 Å². The van der Waals surface area contributed by atoms with Gasteiger partial charge in [-0.2, -0.15) is 0 Å². The molecule has 0 saturated carbocycles. The van der Waals surface area contributed by atoms with Crippen LogP contribution >= 0.6 is 0 Å². The molecule has 0 amide bonds. The zero-order valence-corrected chi connectivity index (χ0v) is 11.7. The molecule has 0 saturated heterocycles. The van der Waals surface area contributed by atoms with E-state index in [9.17, 15) is 0 Å². The molecule has 0 radical (unpaired) electrons. The summed E-state index contributed by atoms with van der Waals surface area (Å²) in [6.45, 7) is 6.35. The Bertz CT molecular complexity index is 235. The first kappa shape index (κ1) is 14.7. The molecule has 0 aliphatic heterocycles. The molecular formula is C15H30N2. The minimum absolute atomic E-state index is 0.147. The molecule has 0 aromatic rings. The minimum atomic E-state index is 0.147. The van der Waals surface area contributed by atoms with E-state index in [1.54, 1.807) is 5.57 Å². The number of unbranched alkanes of at least 4 members (excludes halogenated alkanes) is 2. The van der Waals surface area contributed by atoms with Crippen LogP contribution in [0.15, 0.2) is 11.6 Å². The summed E-state index contributed by atoms with van der Waals surface area (Å²) in [5.74, 6) is 0. The van der Waals surface area contributed by atoms with Crippen molar-refractivity contribution >= 4 is 0 Å². The maximum Gasteiger partial charge on any atom is 0.0275 e. The SMILES string of the molecule is CCCCCC(C)(CN)NCCC1=CCCC1. The van der Waals surface area contributed by atoms with Gasteiger partial charge in [0, 0.05) is 12.1 Å². The number of allylic oxidation sites excluding steroid dienone is 1. The summed E-state index contributed by atoms with van der Waals surface area (Å²) in [6, 6.07) is 0. The second-order valence-electron chi connectivity index (χ2n) is 5.65. The van der Waals surface area contributed by atoms with Gasteiger partial charge in [0.2, 0.25) is 0 Å². The molecule has 0 fully saturated rings. The first-order valence-electron chi connectivity index (χ1n) is 7.33. The fourth-order valence-corrected chi connectivity index (χ4v) is 2.52. The second kappa shape index (κ2) is 7.88. The first-order chi connectivity index (χ1) is 8.20. The number of nitrogens with one attached hydrogen (secondary N) is 1. The number of hydrogen-bond donors (Lipinski definition) is 2. The van der Waals surface area contributed by atoms with Crippen LogP contribution in [0.25, 0.3) is 0 Å². The van der Waals surface area contributed by atoms with Gasteiger partial charge in [-0.1, -0.05) is 37.8 Å². The number of rotatable bonds is 9. The van der Waals surface area contributed by atoms with Crippen LogP contribution in [0.4, 0.5) is 0 Å². The largest absolute Gasteiger partial charge is 0.329 e. The van der Waals surface area contributed by atoms with Crippen LogP contribution in [-0.2, 0) is 0 Å². The topological polar surface area (TPSA) is 38.0 Å². The molecule has 0 aromatic heterocycles. The van der Waals surface area contributed by atoms with E-state index < -0.39 is 0 Å². The van der Waals surface area contributed by atoms with Crippen LogP contribution in [0.1, 0.15) is 65.2 Å². The summed E-state index contributed by atoms with van der Waals surface area (Å²) in [7, 11) is 0. The summed E-state index contributed by atoms with van der Waals surface area (Å²) >= 11 is 0. The molecule has 1 unspecified atom stereocenters. The predicted octanol–water partition coefficient (Wildman–Crippen LogP) is 3.37. The Labute approximate surface area is 107 Å². The van der Waals surface area contributed by atoms with Crippen molar-refractivity contribution in [1.82, 2.24) is 5.32 Å². The van der Waals surface area contributed by atoms with Crippen molar-refractivity contribution in [3.05, 3.63) is 11.6 Å². The lowest BCUT2D eigenvalue weighted by atomic mass is 9.94. The van der Waals surface area contributed by atoms with Crippen molar-refractivity contribution in [3.63, 3.8) is 0 Å². The Morgan fingerprint density at radius 3 is 2.82 bits per heavy atom. The van der Waals surface area contributed by atoms with Crippen LogP contribution < -0.4 is 11.1 Å². The average Bonchev–Trinajstić information content (AvgIpc) is 2.82. The molecule has 1 aliphatic carbocycles. The lowest BCUT2D eigenvalue weighted by molar-refractivity contribution is 0.329. The van der Waals surface area contributed by atoms with Gasteiger partial charge >= 0.3 is 0 Å². The molecular weight excluding hydrogens is 208 g/mol. The predicted molar refractivity (Wildman–Crippen MR) is 76.2 cm³/mol. The molecule has 3 N–H and O–H groups in total. The van der Waals surface area contributed by atoms with Crippen LogP contribution in [0.2, 0.25) is 0 Å². The van der Waals surface area contributed by atoms with Crippen LogP contribution in [0.5, 0.6) is 0 Å². The summed E-state index contributed by atoms with van der Waals surface area (Å²) in [5.41, 5.74) is 7.70. The Morgan fingerprint density at radius 1 is 1.41 bits per heavy atom. The van der Waals surface area contributed by atoms with Crippen LogP contribution in [0, 0.1) is 0 Å². The highest BCUT2D eigenvalue weighted by Crippen LogP contribution is 2.20. The fourth-order valence-electron chi connectivity index (χ4n) is 2.52. The van der Waals surface area contributed by atoms with Gasteiger partial charge in [0.25, 0.3) is 0 Å². The fraction of sp³-hybridized carbons (Fsp3) is 0.867. The molecule has 0 heterocycles. The van der Waals surface area contributed by atoms with Crippen molar-refractivity contribution in [1.29, 1.82) is 0 Å². The highest BCUT2D eigenvalue weighted by atomic mass is 15.0. The zero-order valence-electron chi connectivity index (χ0n) is 11.7. The first-order valence-corrected chi connectivity index (χ1v) is 7.33. The van der Waals surface area contributed by atoms with Gasteiger partial charge in [-0.15, -0.1) is 0 Å². The van der Waals surface area contributed by atoms with Crippen molar-refractivity contribution < 1.29 is 0 Å². The Hall–Kier alpha value is -0.340. The molecule has 0 spiro atoms. The number of hydrogen-bond acceptors (Lipinski definition) is 2. The third-order valence-electron chi connectivity index (χ3n) is 3.92. The van der Waals surface area contributed by atoms with Gasteiger partial charge in [0.05, 0.1) is 0 Å². The lowest BCUT2D eigenvalue weighted by Gasteiger charge is -2.30. The van der Waals surface area contributed by atoms with Crippen molar-refractivity contribution in [2.24, 2.45) is 5.73 Å². The van der Waals surface area contributed by atoms with E-state index >= 15 is 0 Å². The van der Waals surface area contributed by atoms with E-state index in [1.165, 1.54) is 51.4 Å². The summed E-state index contributed by atoms with van der Waals surface area (Å²) in [5, 5.41) is 3.67. The van der Waals surface area contributed by atoms with Gasteiger partial charge in [0.1, 0.15) is 0 Å². The maximum atomic E-state index is 5.91. The van der Waals surface area contributed by atoms with Gasteiger partial charge in [-0.05, 0) is 45.6 Å². The van der Waals surface area contributed by atoms with E-state index in [2.05, 4.69) is 25.2 Å². The molecule has 1 aliphatic rings. The van der Waals surface area contributed by atoms with Crippen molar-refractivity contribution in [3.8, 4) is 0 Å². The third kappa shape index (κ3) is 5.69. The molecule has 17 heavy (non-hydrogen) atoms. The minimum Gasteiger partial charge on any atom is -0.329 e. The van der Waals surface area contributed by atoms with E-state index in [4.69, 9.17) is 5.73 Å². The molecule has 2 heteroatoms. The Morgan fingerprint density at radius 2 is 2.24 bits per heavy atom. The molecule has 0 bridgehead atoms. The summed E-state index contributed by atoms with van der Waals surface area (Å²) < 4.78 is 0. The highest BCUT2D eigenvalue weighted by molar-refractivity contribution is 5.07. The standard InChI is InChI=1S/C15H30N2/c1-3-4-7-11-15(2,13-16)17-12-10-14-8-5-6-9-14/h8,17H,3-7,9-13,16H2,1-2H3. The van der Waals surface area contributed by atoms with E-state index in [-0.39, 0.29) is 5.54 Å². The summed E-state index contributed by atoms with van der Waals surface area (Å²) in [6.07, 6.45) is 12.7. The van der Waals surface area contributed by atoms with Crippen LogP contribution in [-0.4, -0.2) is 18.6 Å². The quantitative estimate of drug-likeness (QED) is 0.477. The Kier molecular flexibility index (Phi) is 6.83. The highest BCUT2D eigenvalue weighted by Gasteiger charge is 2.20. The van der Waals surface area contributed by atoms with Gasteiger partial charge < -0.3 is 11.1 Å². The van der Waals surface area contributed by atoms with Gasteiger partial charge in [0.15, 0.2) is 0 Å². The summed E-state index contributed by atoms with van der Waals surface area (Å²) in [4.78, 5) is 0. The molecule has 1 atom stereocenters. The normalized spacial score (nSPS) is 19.1. The van der Waals surface area contributed by atoms with E-state index in [1.807, 2.05) is 0 Å². The molecule has 1 rings (SSSR count). The van der Waals surface area contributed by atoms with Crippen LogP contribution in [0.3, 0.4) is 0 Å². The van der Waals surface area contributed by atoms with Crippen molar-refractivity contribution in [2.75, 3.05) is 13.1 Å². The lowest BCUT2D eigenvalue weighted by Crippen LogP contribution is -2.49. The third-order valence-corrected chi connectivity index (χ3v) is 3.92. The van der Waals surface area contributed by atoms with E-state index in [0.717, 1.165) is 13.1 Å². The Balaban J connectivity index is 2.19. The second-order valence-corrected chi connectivity index (χ2v) is 5.65. The monoisotopic (exact) mass is 238 g/mol. The average molecular weight is 238 g/mol. The zero-order chi connectivity index (χ0) is 12.6. The molecule has 2 nitrogen and oxygen atoms in total. The maximum absolute atomic E-state index is 5.91. The molecule has 0 aromatic carbocycles. The number of nitrogens with two attached hydrogens (primary N) is 1.